The zero-order valence-corrected chi connectivity index (χ0v) is 17.6. The fourth-order valence-electron chi connectivity index (χ4n) is 3.83. The van der Waals surface area contributed by atoms with Gasteiger partial charge in [-0.15, -0.1) is 0 Å². The van der Waals surface area contributed by atoms with Gasteiger partial charge in [-0.2, -0.15) is 5.10 Å². The average molecular weight is 443 g/mol. The van der Waals surface area contributed by atoms with Gasteiger partial charge in [0.1, 0.15) is 6.61 Å². The number of para-hydroxylation sites is 3. The molecule has 4 aromatic rings. The molecule has 0 saturated heterocycles. The topological polar surface area (TPSA) is 103 Å². The summed E-state index contributed by atoms with van der Waals surface area (Å²) in [5.74, 6) is -0.0218. The Kier molecular flexibility index (Phi) is 5.40. The summed E-state index contributed by atoms with van der Waals surface area (Å²) in [5, 5.41) is 17.4. The highest BCUT2D eigenvalue weighted by Gasteiger charge is 2.27. The van der Waals surface area contributed by atoms with E-state index in [-0.39, 0.29) is 18.9 Å². The first-order valence-corrected chi connectivity index (χ1v) is 10.5. The van der Waals surface area contributed by atoms with E-state index in [2.05, 4.69) is 10.4 Å². The van der Waals surface area contributed by atoms with Crippen molar-refractivity contribution in [2.45, 2.75) is 19.1 Å². The van der Waals surface area contributed by atoms with E-state index in [0.29, 0.717) is 29.4 Å². The third-order valence-electron chi connectivity index (χ3n) is 5.41. The van der Waals surface area contributed by atoms with Crippen molar-refractivity contribution in [1.29, 1.82) is 0 Å². The number of fused-ring (bicyclic) bond motifs is 2. The second-order valence-corrected chi connectivity index (χ2v) is 7.74. The number of ether oxygens (including phenoxy) is 2. The van der Waals surface area contributed by atoms with Crippen LogP contribution < -0.4 is 14.8 Å². The van der Waals surface area contributed by atoms with Crippen LogP contribution in [-0.4, -0.2) is 39.5 Å². The van der Waals surface area contributed by atoms with Crippen molar-refractivity contribution in [3.05, 3.63) is 84.1 Å². The zero-order valence-electron chi connectivity index (χ0n) is 17.6. The Morgan fingerprint density at radius 3 is 2.52 bits per heavy atom. The number of nitrogens with zero attached hydrogens (tertiary/aromatic N) is 2. The van der Waals surface area contributed by atoms with E-state index in [9.17, 15) is 9.59 Å². The largest absolute Gasteiger partial charge is 0.485 e. The van der Waals surface area contributed by atoms with Gasteiger partial charge in [0.05, 0.1) is 24.2 Å². The van der Waals surface area contributed by atoms with Crippen molar-refractivity contribution < 1.29 is 24.2 Å². The van der Waals surface area contributed by atoms with E-state index in [1.54, 1.807) is 16.8 Å². The maximum atomic E-state index is 12.6. The number of hydrogen-bond acceptors (Lipinski definition) is 5. The molecule has 1 atom stereocenters. The van der Waals surface area contributed by atoms with Gasteiger partial charge in [0.25, 0.3) is 5.91 Å². The van der Waals surface area contributed by atoms with Gasteiger partial charge in [0, 0.05) is 11.1 Å². The molecule has 166 valence electrons. The van der Waals surface area contributed by atoms with Gasteiger partial charge in [-0.3, -0.25) is 14.3 Å². The van der Waals surface area contributed by atoms with Crippen LogP contribution in [0.25, 0.3) is 10.9 Å². The molecule has 0 fully saturated rings. The quantitative estimate of drug-likeness (QED) is 0.473. The second kappa shape index (κ2) is 8.66. The normalized spacial score (nSPS) is 14.7. The Morgan fingerprint density at radius 1 is 1.00 bits per heavy atom. The molecule has 8 nitrogen and oxygen atoms in total. The molecule has 3 aromatic carbocycles. The molecule has 5 rings (SSSR count). The number of rotatable bonds is 6. The molecule has 0 spiro atoms. The van der Waals surface area contributed by atoms with E-state index in [1.807, 2.05) is 60.7 Å². The Balaban J connectivity index is 1.27. The molecule has 0 aliphatic carbocycles. The second-order valence-electron chi connectivity index (χ2n) is 7.74. The maximum absolute atomic E-state index is 12.6. The smallest absolute Gasteiger partial charge is 0.309 e. The van der Waals surface area contributed by atoms with Crippen molar-refractivity contribution in [3.63, 3.8) is 0 Å². The highest BCUT2D eigenvalue weighted by molar-refractivity contribution is 5.94. The number of amides is 1. The average Bonchev–Trinajstić information content (AvgIpc) is 3.16. The van der Waals surface area contributed by atoms with Crippen molar-refractivity contribution in [2.75, 3.05) is 11.9 Å². The summed E-state index contributed by atoms with van der Waals surface area (Å²) in [6.45, 7) is 0.622. The monoisotopic (exact) mass is 443 g/mol. The molecule has 8 heteroatoms. The number of nitrogens with one attached hydrogen (secondary N) is 1. The summed E-state index contributed by atoms with van der Waals surface area (Å²) in [5.41, 5.74) is 3.02. The van der Waals surface area contributed by atoms with E-state index in [1.165, 1.54) is 0 Å². The van der Waals surface area contributed by atoms with Crippen LogP contribution in [0.15, 0.2) is 72.8 Å². The van der Waals surface area contributed by atoms with Crippen LogP contribution >= 0.6 is 0 Å². The SMILES string of the molecule is O=C(O)Cc1nn(Cc2ccc(NC(=O)C3COc4ccccc4O3)cc2)c2ccccc12. The standard InChI is InChI=1S/C25H21N3O5/c29-24(30)13-19-18-5-1-2-6-20(18)28(27-19)14-16-9-11-17(12-10-16)26-25(31)23-15-32-21-7-3-4-8-22(21)33-23/h1-12,23H,13-15H2,(H,26,31)(H,29,30). The van der Waals surface area contributed by atoms with Crippen LogP contribution in [0.3, 0.4) is 0 Å². The number of carbonyl (C=O) groups is 2. The summed E-state index contributed by atoms with van der Waals surface area (Å²) in [6, 6.07) is 22.3. The molecular weight excluding hydrogens is 422 g/mol. The lowest BCUT2D eigenvalue weighted by atomic mass is 10.1. The Hall–Kier alpha value is -4.33. The third-order valence-corrected chi connectivity index (χ3v) is 5.41. The summed E-state index contributed by atoms with van der Waals surface area (Å²) >= 11 is 0. The molecule has 0 saturated carbocycles. The van der Waals surface area contributed by atoms with Crippen molar-refractivity contribution in [1.82, 2.24) is 9.78 Å². The van der Waals surface area contributed by atoms with E-state index < -0.39 is 12.1 Å². The molecule has 33 heavy (non-hydrogen) atoms. The number of anilines is 1. The lowest BCUT2D eigenvalue weighted by Crippen LogP contribution is -2.40. The number of aliphatic carboxylic acids is 1. The van der Waals surface area contributed by atoms with Gasteiger partial charge in [0.2, 0.25) is 6.10 Å². The molecule has 2 heterocycles. The molecule has 1 aliphatic rings. The fourth-order valence-corrected chi connectivity index (χ4v) is 3.83. The zero-order chi connectivity index (χ0) is 22.8. The molecule has 1 unspecified atom stereocenters. The third kappa shape index (κ3) is 4.36. The van der Waals surface area contributed by atoms with Gasteiger partial charge < -0.3 is 19.9 Å². The van der Waals surface area contributed by atoms with Gasteiger partial charge in [0.15, 0.2) is 11.5 Å². The lowest BCUT2D eigenvalue weighted by Gasteiger charge is -2.25. The first-order chi connectivity index (χ1) is 16.1. The molecule has 1 aromatic heterocycles. The number of carbonyl (C=O) groups excluding carboxylic acids is 1. The number of aromatic nitrogens is 2. The molecular formula is C25H21N3O5. The van der Waals surface area contributed by atoms with E-state index in [0.717, 1.165) is 16.5 Å². The lowest BCUT2D eigenvalue weighted by molar-refractivity contribution is -0.136. The first kappa shape index (κ1) is 20.6. The van der Waals surface area contributed by atoms with E-state index in [4.69, 9.17) is 14.6 Å². The molecule has 1 aliphatic heterocycles. The van der Waals surface area contributed by atoms with Gasteiger partial charge in [-0.1, -0.05) is 42.5 Å². The van der Waals surface area contributed by atoms with Crippen LogP contribution in [0.5, 0.6) is 11.5 Å². The fraction of sp³-hybridized carbons (Fsp3) is 0.160. The Bertz CT molecular complexity index is 1330. The molecule has 0 bridgehead atoms. The number of hydrogen-bond donors (Lipinski definition) is 2. The minimum atomic E-state index is -0.915. The van der Waals surface area contributed by atoms with Crippen LogP contribution in [0.2, 0.25) is 0 Å². The van der Waals surface area contributed by atoms with Crippen LogP contribution in [-0.2, 0) is 22.6 Å². The summed E-state index contributed by atoms with van der Waals surface area (Å²) in [4.78, 5) is 23.8. The summed E-state index contributed by atoms with van der Waals surface area (Å²) in [6.07, 6.45) is -0.863. The minimum Gasteiger partial charge on any atom is -0.485 e. The molecule has 2 N–H and O–H groups in total. The Labute approximate surface area is 189 Å². The summed E-state index contributed by atoms with van der Waals surface area (Å²) < 4.78 is 13.2. The molecule has 0 radical (unpaired) electrons. The number of benzene rings is 3. The van der Waals surface area contributed by atoms with Crippen LogP contribution in [0.4, 0.5) is 5.69 Å². The Morgan fingerprint density at radius 2 is 1.73 bits per heavy atom. The highest BCUT2D eigenvalue weighted by Crippen LogP contribution is 2.31. The van der Waals surface area contributed by atoms with E-state index >= 15 is 0 Å². The van der Waals surface area contributed by atoms with Crippen LogP contribution in [0.1, 0.15) is 11.3 Å². The predicted molar refractivity (Wildman–Crippen MR) is 122 cm³/mol. The minimum absolute atomic E-state index is 0.129. The van der Waals surface area contributed by atoms with Crippen molar-refractivity contribution >= 4 is 28.5 Å². The van der Waals surface area contributed by atoms with Gasteiger partial charge in [-0.05, 0) is 35.9 Å². The maximum Gasteiger partial charge on any atom is 0.309 e. The van der Waals surface area contributed by atoms with Gasteiger partial charge in [-0.25, -0.2) is 0 Å². The summed E-state index contributed by atoms with van der Waals surface area (Å²) in [7, 11) is 0. The number of carboxylic acids is 1. The number of carboxylic acid groups (broad SMARTS) is 1. The molecule has 1 amide bonds. The van der Waals surface area contributed by atoms with Crippen LogP contribution in [0, 0.1) is 0 Å². The van der Waals surface area contributed by atoms with Gasteiger partial charge >= 0.3 is 5.97 Å². The first-order valence-electron chi connectivity index (χ1n) is 10.5. The predicted octanol–water partition coefficient (Wildman–Crippen LogP) is 3.49. The van der Waals surface area contributed by atoms with Crippen molar-refractivity contribution in [2.24, 2.45) is 0 Å². The van der Waals surface area contributed by atoms with Crippen molar-refractivity contribution in [3.8, 4) is 11.5 Å². The highest BCUT2D eigenvalue weighted by atomic mass is 16.6.